The Morgan fingerprint density at radius 1 is 1.03 bits per heavy atom. The lowest BCUT2D eigenvalue weighted by molar-refractivity contribution is -0.122. The Morgan fingerprint density at radius 2 is 1.78 bits per heavy atom. The van der Waals surface area contributed by atoms with E-state index in [9.17, 15) is 9.59 Å². The Hall–Kier alpha value is -3.49. The number of anilines is 1. The number of nitrogens with zero attached hydrogens (tertiary/aromatic N) is 1. The highest BCUT2D eigenvalue weighted by Gasteiger charge is 2.34. The van der Waals surface area contributed by atoms with Crippen molar-refractivity contribution in [2.24, 2.45) is 0 Å². The van der Waals surface area contributed by atoms with Crippen LogP contribution in [0.15, 0.2) is 70.7 Å². The van der Waals surface area contributed by atoms with Crippen molar-refractivity contribution in [2.75, 3.05) is 12.0 Å². The van der Waals surface area contributed by atoms with Crippen LogP contribution in [0.5, 0.6) is 11.5 Å². The summed E-state index contributed by atoms with van der Waals surface area (Å²) in [5.41, 5.74) is 4.45. The minimum atomic E-state index is -0.558. The number of hydrogen-bond donors (Lipinski definition) is 1. The quantitative estimate of drug-likeness (QED) is 0.225. The third-order valence-electron chi connectivity index (χ3n) is 5.76. The first-order valence-electron chi connectivity index (χ1n) is 11.4. The fourth-order valence-electron chi connectivity index (χ4n) is 3.82. The van der Waals surface area contributed by atoms with Crippen LogP contribution in [0.1, 0.15) is 29.2 Å². The summed E-state index contributed by atoms with van der Waals surface area (Å²) in [6.45, 7) is 4.45. The largest absolute Gasteiger partial charge is 0.493 e. The van der Waals surface area contributed by atoms with Crippen LogP contribution in [0.25, 0.3) is 6.08 Å². The van der Waals surface area contributed by atoms with Crippen molar-refractivity contribution in [3.05, 3.63) is 93.0 Å². The molecule has 184 valence electrons. The summed E-state index contributed by atoms with van der Waals surface area (Å²) >= 11 is 8.84. The second kappa shape index (κ2) is 11.1. The molecule has 1 aliphatic heterocycles. The van der Waals surface area contributed by atoms with Gasteiger partial charge in [0.2, 0.25) is 0 Å². The number of aryl methyl sites for hydroxylation is 2. The van der Waals surface area contributed by atoms with Gasteiger partial charge in [0.1, 0.15) is 12.2 Å². The summed E-state index contributed by atoms with van der Waals surface area (Å²) in [6, 6.07) is 19.0. The van der Waals surface area contributed by atoms with Crippen LogP contribution < -0.4 is 19.7 Å². The summed E-state index contributed by atoms with van der Waals surface area (Å²) < 4.78 is 12.2. The van der Waals surface area contributed by atoms with Gasteiger partial charge in [-0.1, -0.05) is 64.8 Å². The molecule has 0 bridgehead atoms. The molecule has 0 atom stereocenters. The molecule has 1 fully saturated rings. The number of methoxy groups -OCH3 is 1. The number of halogens is 1. The number of nitrogens with one attached hydrogen (secondary N) is 1. The zero-order valence-electron chi connectivity index (χ0n) is 20.1. The summed E-state index contributed by atoms with van der Waals surface area (Å²) in [5.74, 6) is -0.0501. The molecule has 1 N–H and O–H groups in total. The first kappa shape index (κ1) is 25.6. The van der Waals surface area contributed by atoms with Gasteiger partial charge in [-0.3, -0.25) is 19.8 Å². The van der Waals surface area contributed by atoms with Crippen LogP contribution in [-0.4, -0.2) is 24.0 Å². The van der Waals surface area contributed by atoms with E-state index in [2.05, 4.69) is 34.2 Å². The van der Waals surface area contributed by atoms with Gasteiger partial charge < -0.3 is 9.47 Å². The number of ether oxygens (including phenoxy) is 2. The molecule has 4 rings (SSSR count). The van der Waals surface area contributed by atoms with Crippen molar-refractivity contribution in [2.45, 2.75) is 26.9 Å². The molecule has 1 aliphatic rings. The lowest BCUT2D eigenvalue weighted by Crippen LogP contribution is -2.54. The van der Waals surface area contributed by atoms with Gasteiger partial charge in [0.25, 0.3) is 11.8 Å². The van der Waals surface area contributed by atoms with Crippen molar-refractivity contribution in [3.63, 3.8) is 0 Å². The van der Waals surface area contributed by atoms with Crippen LogP contribution in [0, 0.1) is 6.92 Å². The van der Waals surface area contributed by atoms with Gasteiger partial charge in [-0.2, -0.15) is 0 Å². The lowest BCUT2D eigenvalue weighted by atomic mass is 10.1. The van der Waals surface area contributed by atoms with Crippen molar-refractivity contribution in [1.82, 2.24) is 5.32 Å². The summed E-state index contributed by atoms with van der Waals surface area (Å²) in [4.78, 5) is 27.4. The fraction of sp³-hybridized carbons (Fsp3) is 0.179. The molecule has 1 heterocycles. The lowest BCUT2D eigenvalue weighted by Gasteiger charge is -2.29. The van der Waals surface area contributed by atoms with E-state index in [1.807, 2.05) is 49.4 Å². The van der Waals surface area contributed by atoms with E-state index in [1.165, 1.54) is 18.1 Å². The van der Waals surface area contributed by atoms with E-state index in [0.717, 1.165) is 23.1 Å². The number of carbonyl (C=O) groups is 2. The third-order valence-corrected chi connectivity index (χ3v) is 6.74. The zero-order valence-corrected chi connectivity index (χ0v) is 22.5. The van der Waals surface area contributed by atoms with Gasteiger partial charge in [-0.05, 0) is 72.6 Å². The molecule has 0 saturated carbocycles. The average molecular weight is 565 g/mol. The molecule has 3 aromatic rings. The molecule has 6 nitrogen and oxygen atoms in total. The number of carbonyl (C=O) groups excluding carboxylic acids is 2. The highest BCUT2D eigenvalue weighted by Crippen LogP contribution is 2.36. The number of benzene rings is 3. The van der Waals surface area contributed by atoms with Crippen LogP contribution in [0.3, 0.4) is 0 Å². The molecule has 0 aromatic heterocycles. The Kier molecular flexibility index (Phi) is 7.86. The molecule has 0 aliphatic carbocycles. The molecule has 3 aromatic carbocycles. The maximum absolute atomic E-state index is 13.4. The standard InChI is InChI=1S/C28H25BrN2O4S/c1-4-18-8-10-21(11-9-18)31-27(33)22(26(32)30-28(31)36)13-20-14-24(34-3)25(15-23(20)29)35-16-19-7-5-6-17(2)12-19/h5-15H,4,16H2,1-3H3,(H,30,32,36)/b22-13+. The first-order chi connectivity index (χ1) is 17.3. The van der Waals surface area contributed by atoms with Gasteiger partial charge in [0.05, 0.1) is 12.8 Å². The molecule has 0 radical (unpaired) electrons. The van der Waals surface area contributed by atoms with Gasteiger partial charge >= 0.3 is 0 Å². The summed E-state index contributed by atoms with van der Waals surface area (Å²) in [7, 11) is 1.54. The fourth-order valence-corrected chi connectivity index (χ4v) is 4.54. The predicted molar refractivity (Wildman–Crippen MR) is 148 cm³/mol. The minimum absolute atomic E-state index is 0.0423. The highest BCUT2D eigenvalue weighted by atomic mass is 79.9. The monoisotopic (exact) mass is 564 g/mol. The Labute approximate surface area is 224 Å². The molecule has 36 heavy (non-hydrogen) atoms. The maximum atomic E-state index is 13.4. The van der Waals surface area contributed by atoms with E-state index in [4.69, 9.17) is 21.7 Å². The molecular formula is C28H25BrN2O4S. The first-order valence-corrected chi connectivity index (χ1v) is 12.6. The van der Waals surface area contributed by atoms with E-state index in [0.29, 0.717) is 33.8 Å². The van der Waals surface area contributed by atoms with Gasteiger partial charge in [-0.15, -0.1) is 0 Å². The van der Waals surface area contributed by atoms with Crippen molar-refractivity contribution in [3.8, 4) is 11.5 Å². The summed E-state index contributed by atoms with van der Waals surface area (Å²) in [6.07, 6.45) is 2.39. The second-order valence-corrected chi connectivity index (χ2v) is 9.52. The maximum Gasteiger partial charge on any atom is 0.270 e. The number of rotatable bonds is 7. The van der Waals surface area contributed by atoms with Crippen LogP contribution in [-0.2, 0) is 22.6 Å². The van der Waals surface area contributed by atoms with E-state index in [1.54, 1.807) is 12.1 Å². The van der Waals surface area contributed by atoms with E-state index < -0.39 is 11.8 Å². The molecule has 0 spiro atoms. The van der Waals surface area contributed by atoms with Gasteiger partial charge in [-0.25, -0.2) is 0 Å². The van der Waals surface area contributed by atoms with Crippen molar-refractivity contribution in [1.29, 1.82) is 0 Å². The Morgan fingerprint density at radius 3 is 2.44 bits per heavy atom. The highest BCUT2D eigenvalue weighted by molar-refractivity contribution is 9.10. The summed E-state index contributed by atoms with van der Waals surface area (Å²) in [5, 5.41) is 2.66. The number of hydrogen-bond acceptors (Lipinski definition) is 5. The van der Waals surface area contributed by atoms with Crippen molar-refractivity contribution >= 4 is 56.8 Å². The average Bonchev–Trinajstić information content (AvgIpc) is 2.86. The number of amides is 2. The van der Waals surface area contributed by atoms with Gasteiger partial charge in [0.15, 0.2) is 16.6 Å². The predicted octanol–water partition coefficient (Wildman–Crippen LogP) is 5.74. The second-order valence-electron chi connectivity index (χ2n) is 8.28. The van der Waals surface area contributed by atoms with E-state index in [-0.39, 0.29) is 10.7 Å². The molecule has 1 saturated heterocycles. The van der Waals surface area contributed by atoms with Crippen LogP contribution in [0.2, 0.25) is 0 Å². The Balaban J connectivity index is 1.63. The molecule has 0 unspecified atom stereocenters. The smallest absolute Gasteiger partial charge is 0.270 e. The van der Waals surface area contributed by atoms with Crippen molar-refractivity contribution < 1.29 is 19.1 Å². The van der Waals surface area contributed by atoms with Crippen LogP contribution in [0.4, 0.5) is 5.69 Å². The van der Waals surface area contributed by atoms with E-state index >= 15 is 0 Å². The van der Waals surface area contributed by atoms with Crippen LogP contribution >= 0.6 is 28.1 Å². The SMILES string of the molecule is CCc1ccc(N2C(=O)/C(=C/c3cc(OC)c(OCc4cccc(C)c4)cc3Br)C(=O)NC2=S)cc1. The molecular weight excluding hydrogens is 540 g/mol. The zero-order chi connectivity index (χ0) is 25.8. The molecule has 8 heteroatoms. The minimum Gasteiger partial charge on any atom is -0.493 e. The van der Waals surface area contributed by atoms with Gasteiger partial charge in [0, 0.05) is 4.47 Å². The molecule has 2 amide bonds. The topological polar surface area (TPSA) is 67.9 Å². The number of thiocarbonyl (C=S) groups is 1. The Bertz CT molecular complexity index is 1370. The third kappa shape index (κ3) is 5.50. The normalized spacial score (nSPS) is 14.7.